The number of nitrogens with zero attached hydrogens (tertiary/aromatic N) is 6. The van der Waals surface area contributed by atoms with Crippen LogP contribution in [0.4, 0.5) is 0 Å². The number of amides is 4. The van der Waals surface area contributed by atoms with Crippen LogP contribution >= 0.6 is 0 Å². The van der Waals surface area contributed by atoms with Crippen molar-refractivity contribution in [2.45, 2.75) is 64.7 Å². The molecule has 5 heterocycles. The zero-order chi connectivity index (χ0) is 18.4. The summed E-state index contributed by atoms with van der Waals surface area (Å²) in [6.07, 6.45) is -3.43. The van der Waals surface area contributed by atoms with Crippen LogP contribution in [0.1, 0.15) is 27.7 Å². The van der Waals surface area contributed by atoms with Gasteiger partial charge in [-0.15, -0.1) is 0 Å². The maximum atomic E-state index is 12.4. The van der Waals surface area contributed by atoms with Gasteiger partial charge in [0, 0.05) is 60.4 Å². The van der Waals surface area contributed by atoms with E-state index >= 15 is 0 Å². The molecule has 5 fully saturated rings. The minimum absolute atomic E-state index is 0. The first-order chi connectivity index (χ1) is 11.7. The molecule has 5 rings (SSSR count). The van der Waals surface area contributed by atoms with Crippen molar-refractivity contribution in [3.8, 4) is 0 Å². The summed E-state index contributed by atoms with van der Waals surface area (Å²) in [5.74, 6) is -0.912. The topological polar surface area (TPSA) is 98.6 Å². The van der Waals surface area contributed by atoms with E-state index < -0.39 is 37.0 Å². The largest absolute Gasteiger partial charge is 0.616 e. The molecule has 0 aromatic rings. The van der Waals surface area contributed by atoms with Gasteiger partial charge in [0.25, 0.3) is 0 Å². The minimum Gasteiger partial charge on any atom is -0.616 e. The summed E-state index contributed by atoms with van der Waals surface area (Å²) in [7, 11) is 1.81. The van der Waals surface area contributed by atoms with E-state index in [0.29, 0.717) is 0 Å². The van der Waals surface area contributed by atoms with Gasteiger partial charge in [-0.25, -0.2) is 0 Å². The Morgan fingerprint density at radius 1 is 0.615 bits per heavy atom. The van der Waals surface area contributed by atoms with E-state index in [1.807, 2.05) is 11.9 Å². The van der Waals surface area contributed by atoms with Gasteiger partial charge < -0.3 is 24.9 Å². The minimum atomic E-state index is -0.735. The second-order valence-electron chi connectivity index (χ2n) is 7.00. The second kappa shape index (κ2) is 6.22. The molecule has 1 radical (unpaired) electrons. The summed E-state index contributed by atoms with van der Waals surface area (Å²) >= 11 is 0. The first kappa shape index (κ1) is 19.7. The van der Waals surface area contributed by atoms with E-state index in [2.05, 4.69) is 0 Å². The molecule has 6 bridgehead atoms. The van der Waals surface area contributed by atoms with Crippen molar-refractivity contribution in [3.05, 3.63) is 5.32 Å². The average molecular weight is 438 g/mol. The predicted octanol–water partition coefficient (Wildman–Crippen LogP) is -1.31. The Morgan fingerprint density at radius 3 is 1.19 bits per heavy atom. The SMILES string of the molecule is CC(=O)N1C2[N-]C3C4N(C)C2N(C(C)=O)C1C(N3C(C)=O)N4C(C)=O.[Y]. The third kappa shape index (κ3) is 2.19. The fraction of sp³-hybridized carbons (Fsp3) is 0.733. The van der Waals surface area contributed by atoms with Crippen LogP contribution in [0.3, 0.4) is 0 Å². The number of hydrogen-bond donors (Lipinski definition) is 0. The molecule has 26 heavy (non-hydrogen) atoms. The van der Waals surface area contributed by atoms with E-state index in [4.69, 9.17) is 5.32 Å². The molecule has 0 N–H and O–H groups in total. The Labute approximate surface area is 176 Å². The van der Waals surface area contributed by atoms with Crippen LogP contribution in [0, 0.1) is 0 Å². The zero-order valence-corrected chi connectivity index (χ0v) is 18.2. The fourth-order valence-electron chi connectivity index (χ4n) is 4.96. The fourth-order valence-corrected chi connectivity index (χ4v) is 4.96. The van der Waals surface area contributed by atoms with Crippen LogP contribution in [0.2, 0.25) is 0 Å². The molecule has 0 aromatic heterocycles. The number of likely N-dealkylation sites (N-methyl/N-ethyl adjacent to an activating group) is 1. The summed E-state index contributed by atoms with van der Waals surface area (Å²) in [6, 6.07) is 0. The number of piperazine rings is 1. The molecule has 4 amide bonds. The number of carbonyl (C=O) groups is 4. The monoisotopic (exact) mass is 438 g/mol. The van der Waals surface area contributed by atoms with Gasteiger partial charge in [-0.1, -0.05) is 0 Å². The van der Waals surface area contributed by atoms with E-state index in [1.54, 1.807) is 9.80 Å². The van der Waals surface area contributed by atoms with Crippen molar-refractivity contribution >= 4 is 23.6 Å². The number of hydrogen-bond acceptors (Lipinski definition) is 5. The maximum Gasteiger partial charge on any atom is 0.222 e. The van der Waals surface area contributed by atoms with Crippen molar-refractivity contribution in [2.24, 2.45) is 0 Å². The second-order valence-corrected chi connectivity index (χ2v) is 7.00. The molecule has 5 saturated heterocycles. The molecule has 0 saturated carbocycles. The quantitative estimate of drug-likeness (QED) is 0.468. The van der Waals surface area contributed by atoms with E-state index in [9.17, 15) is 19.2 Å². The molecule has 0 aliphatic carbocycles. The van der Waals surface area contributed by atoms with Crippen molar-refractivity contribution in [1.82, 2.24) is 24.5 Å². The van der Waals surface area contributed by atoms with Crippen LogP contribution in [-0.2, 0) is 51.9 Å². The first-order valence-electron chi connectivity index (χ1n) is 8.26. The molecule has 6 atom stereocenters. The Morgan fingerprint density at radius 2 is 0.923 bits per heavy atom. The Hall–Kier alpha value is -1.10. The van der Waals surface area contributed by atoms with E-state index in [0.717, 1.165) is 0 Å². The van der Waals surface area contributed by atoms with Crippen LogP contribution in [0.15, 0.2) is 0 Å². The maximum absolute atomic E-state index is 12.4. The van der Waals surface area contributed by atoms with Crippen LogP contribution < -0.4 is 0 Å². The molecule has 0 spiro atoms. The summed E-state index contributed by atoms with van der Waals surface area (Å²) in [6.45, 7) is 5.71. The van der Waals surface area contributed by atoms with Crippen LogP contribution in [0.25, 0.3) is 5.32 Å². The van der Waals surface area contributed by atoms with Crippen LogP contribution in [0.5, 0.6) is 0 Å². The smallest absolute Gasteiger partial charge is 0.222 e. The van der Waals surface area contributed by atoms with Gasteiger partial charge in [0.15, 0.2) is 0 Å². The summed E-state index contributed by atoms with van der Waals surface area (Å²) < 4.78 is 0. The first-order valence-corrected chi connectivity index (χ1v) is 8.26. The number of rotatable bonds is 0. The predicted molar refractivity (Wildman–Crippen MR) is 83.9 cm³/mol. The molecule has 0 aromatic carbocycles. The normalized spacial score (nSPS) is 37.1. The molecular weight excluding hydrogens is 417 g/mol. The molecular formula is C15H21N6O4Y-. The molecule has 6 unspecified atom stereocenters. The summed E-state index contributed by atoms with van der Waals surface area (Å²) in [4.78, 5) is 57.8. The standard InChI is InChI=1S/C15H21N6O4.Y/c1-6(22)18-10-12-17(5)13-11(16-10)19(7(2)23)15(21(13)9(4)25)14(18)20(12)8(3)24;/h10-15H,1-5H3;/q-1;. The average Bonchev–Trinajstić information content (AvgIpc) is 2.92. The Kier molecular flexibility index (Phi) is 4.70. The molecule has 139 valence electrons. The summed E-state index contributed by atoms with van der Waals surface area (Å²) in [5.41, 5.74) is 0. The van der Waals surface area contributed by atoms with Crippen LogP contribution in [-0.4, -0.2) is 92.2 Å². The van der Waals surface area contributed by atoms with Crippen molar-refractivity contribution < 1.29 is 51.9 Å². The van der Waals surface area contributed by atoms with Gasteiger partial charge in [0.1, 0.15) is 12.3 Å². The number of carbonyl (C=O) groups excluding carboxylic acids is 4. The zero-order valence-electron chi connectivity index (χ0n) is 15.4. The van der Waals surface area contributed by atoms with Gasteiger partial charge in [0.2, 0.25) is 23.6 Å². The molecule has 5 aliphatic heterocycles. The van der Waals surface area contributed by atoms with Gasteiger partial charge >= 0.3 is 0 Å². The van der Waals surface area contributed by atoms with Gasteiger partial charge in [-0.05, 0) is 19.4 Å². The third-order valence-electron chi connectivity index (χ3n) is 5.67. The van der Waals surface area contributed by atoms with Gasteiger partial charge in [0.05, 0.1) is 12.3 Å². The van der Waals surface area contributed by atoms with Gasteiger partial charge in [-0.2, -0.15) is 0 Å². The van der Waals surface area contributed by atoms with E-state index in [1.165, 1.54) is 37.5 Å². The Balaban J connectivity index is 0.00000196. The Bertz CT molecular complexity index is 648. The molecule has 11 heteroatoms. The van der Waals surface area contributed by atoms with Crippen molar-refractivity contribution in [2.75, 3.05) is 7.05 Å². The van der Waals surface area contributed by atoms with Crippen molar-refractivity contribution in [3.63, 3.8) is 0 Å². The summed E-state index contributed by atoms with van der Waals surface area (Å²) in [5, 5.41) is 4.73. The molecule has 10 nitrogen and oxygen atoms in total. The van der Waals surface area contributed by atoms with Crippen molar-refractivity contribution in [1.29, 1.82) is 0 Å². The molecule has 5 aliphatic rings. The van der Waals surface area contributed by atoms with Gasteiger partial charge in [-0.3, -0.25) is 24.1 Å². The van der Waals surface area contributed by atoms with E-state index in [-0.39, 0.29) is 56.3 Å². The third-order valence-corrected chi connectivity index (χ3v) is 5.67.